The summed E-state index contributed by atoms with van der Waals surface area (Å²) in [6.45, 7) is 0.657. The molecular weight excluding hydrogens is 220 g/mol. The number of anilines is 1. The van der Waals surface area contributed by atoms with E-state index in [2.05, 4.69) is 0 Å². The average Bonchev–Trinajstić information content (AvgIpc) is 2.87. The van der Waals surface area contributed by atoms with Crippen LogP contribution in [0, 0.1) is 0 Å². The van der Waals surface area contributed by atoms with Crippen LogP contribution in [0.4, 0.5) is 10.5 Å². The van der Waals surface area contributed by atoms with Crippen LogP contribution < -0.4 is 4.90 Å². The number of amides is 3. The lowest BCUT2D eigenvalue weighted by atomic mass is 10.2. The molecule has 3 amide bonds. The molecule has 0 saturated carbocycles. The standard InChI is InChI=1S/C12H12N2O3/c15-9-5-3-8(4-6-9)14-11(16)10-2-1-7-13(10)12(14)17/h3-6,10,15H,1-2,7H2. The largest absolute Gasteiger partial charge is 0.508 e. The van der Waals surface area contributed by atoms with Gasteiger partial charge in [0, 0.05) is 6.54 Å². The number of carbonyl (C=O) groups is 2. The van der Waals surface area contributed by atoms with Gasteiger partial charge in [-0.25, -0.2) is 9.69 Å². The van der Waals surface area contributed by atoms with Crippen molar-refractivity contribution in [3.05, 3.63) is 24.3 Å². The molecule has 3 rings (SSSR count). The van der Waals surface area contributed by atoms with Gasteiger partial charge in [0.1, 0.15) is 11.8 Å². The summed E-state index contributed by atoms with van der Waals surface area (Å²) in [5.74, 6) is -0.0356. The molecule has 0 bridgehead atoms. The van der Waals surface area contributed by atoms with E-state index in [1.54, 1.807) is 17.0 Å². The molecule has 2 saturated heterocycles. The van der Waals surface area contributed by atoms with E-state index < -0.39 is 0 Å². The van der Waals surface area contributed by atoms with Gasteiger partial charge in [-0.05, 0) is 37.1 Å². The maximum Gasteiger partial charge on any atom is 0.332 e. The van der Waals surface area contributed by atoms with Gasteiger partial charge < -0.3 is 10.0 Å². The summed E-state index contributed by atoms with van der Waals surface area (Å²) in [4.78, 5) is 27.0. The summed E-state index contributed by atoms with van der Waals surface area (Å²) in [5, 5.41) is 9.19. The molecule has 17 heavy (non-hydrogen) atoms. The Kier molecular flexibility index (Phi) is 2.07. The van der Waals surface area contributed by atoms with Crippen LogP contribution in [-0.4, -0.2) is 34.5 Å². The highest BCUT2D eigenvalue weighted by Crippen LogP contribution is 2.31. The molecule has 88 valence electrons. The lowest BCUT2D eigenvalue weighted by Crippen LogP contribution is -2.32. The molecule has 5 nitrogen and oxygen atoms in total. The van der Waals surface area contributed by atoms with Gasteiger partial charge in [-0.15, -0.1) is 0 Å². The fourth-order valence-electron chi connectivity index (χ4n) is 2.46. The zero-order valence-corrected chi connectivity index (χ0v) is 9.17. The molecule has 0 aliphatic carbocycles. The maximum atomic E-state index is 12.1. The first-order valence-electron chi connectivity index (χ1n) is 5.62. The van der Waals surface area contributed by atoms with Gasteiger partial charge in [0.25, 0.3) is 5.91 Å². The van der Waals surface area contributed by atoms with Gasteiger partial charge in [0.05, 0.1) is 5.69 Å². The summed E-state index contributed by atoms with van der Waals surface area (Å²) in [5.41, 5.74) is 0.521. The van der Waals surface area contributed by atoms with Crippen LogP contribution in [0.1, 0.15) is 12.8 Å². The monoisotopic (exact) mass is 232 g/mol. The Hall–Kier alpha value is -2.04. The highest BCUT2D eigenvalue weighted by molar-refractivity contribution is 6.21. The second-order valence-electron chi connectivity index (χ2n) is 4.32. The second-order valence-corrected chi connectivity index (χ2v) is 4.32. The SMILES string of the molecule is O=C1C2CCCN2C(=O)N1c1ccc(O)cc1. The summed E-state index contributed by atoms with van der Waals surface area (Å²) in [7, 11) is 0. The number of imide groups is 1. The minimum atomic E-state index is -0.281. The van der Waals surface area contributed by atoms with E-state index in [-0.39, 0.29) is 23.7 Å². The Morgan fingerprint density at radius 1 is 1.18 bits per heavy atom. The lowest BCUT2D eigenvalue weighted by molar-refractivity contribution is -0.119. The first-order valence-corrected chi connectivity index (χ1v) is 5.62. The number of hydrogen-bond acceptors (Lipinski definition) is 3. The number of carbonyl (C=O) groups excluding carboxylic acids is 2. The van der Waals surface area contributed by atoms with Crippen LogP contribution in [0.5, 0.6) is 5.75 Å². The molecule has 1 N–H and O–H groups in total. The first kappa shape index (κ1) is 10.1. The van der Waals surface area contributed by atoms with Crippen molar-refractivity contribution in [3.63, 3.8) is 0 Å². The molecule has 1 aromatic rings. The number of rotatable bonds is 1. The summed E-state index contributed by atoms with van der Waals surface area (Å²) in [6.07, 6.45) is 1.64. The summed E-state index contributed by atoms with van der Waals surface area (Å²) in [6, 6.07) is 5.57. The molecule has 2 aliphatic heterocycles. The van der Waals surface area contributed by atoms with Crippen LogP contribution in [-0.2, 0) is 4.79 Å². The van der Waals surface area contributed by atoms with Crippen molar-refractivity contribution in [3.8, 4) is 5.75 Å². The second kappa shape index (κ2) is 3.48. The zero-order chi connectivity index (χ0) is 12.0. The average molecular weight is 232 g/mol. The Bertz CT molecular complexity index is 461. The molecule has 2 aliphatic rings. The Balaban J connectivity index is 1.96. The molecule has 1 atom stereocenters. The number of phenolic OH excluding ortho intramolecular Hbond substituents is 1. The van der Waals surface area contributed by atoms with Crippen LogP contribution in [0.15, 0.2) is 24.3 Å². The van der Waals surface area contributed by atoms with Gasteiger partial charge in [-0.3, -0.25) is 4.79 Å². The van der Waals surface area contributed by atoms with Crippen molar-refractivity contribution < 1.29 is 14.7 Å². The number of fused-ring (bicyclic) bond motifs is 1. The van der Waals surface area contributed by atoms with E-state index in [4.69, 9.17) is 0 Å². The van der Waals surface area contributed by atoms with Gasteiger partial charge in [0.2, 0.25) is 0 Å². The number of phenols is 1. The highest BCUT2D eigenvalue weighted by atomic mass is 16.3. The van der Waals surface area contributed by atoms with E-state index in [1.165, 1.54) is 17.0 Å². The molecule has 0 radical (unpaired) electrons. The molecule has 1 aromatic carbocycles. The minimum Gasteiger partial charge on any atom is -0.508 e. The quantitative estimate of drug-likeness (QED) is 0.743. The smallest absolute Gasteiger partial charge is 0.332 e. The van der Waals surface area contributed by atoms with Crippen molar-refractivity contribution >= 4 is 17.6 Å². The maximum absolute atomic E-state index is 12.1. The van der Waals surface area contributed by atoms with Crippen molar-refractivity contribution in [1.29, 1.82) is 0 Å². The van der Waals surface area contributed by atoms with Crippen LogP contribution in [0.2, 0.25) is 0 Å². The minimum absolute atomic E-state index is 0.119. The molecule has 5 heteroatoms. The molecular formula is C12H12N2O3. The third-order valence-corrected chi connectivity index (χ3v) is 3.30. The normalized spacial score (nSPS) is 23.4. The number of aromatic hydroxyl groups is 1. The lowest BCUT2D eigenvalue weighted by Gasteiger charge is -2.15. The van der Waals surface area contributed by atoms with Crippen LogP contribution in [0.3, 0.4) is 0 Å². The molecule has 2 heterocycles. The van der Waals surface area contributed by atoms with E-state index in [0.717, 1.165) is 12.8 Å². The van der Waals surface area contributed by atoms with Crippen LogP contribution >= 0.6 is 0 Å². The predicted molar refractivity (Wildman–Crippen MR) is 60.7 cm³/mol. The van der Waals surface area contributed by atoms with Gasteiger partial charge in [-0.1, -0.05) is 0 Å². The van der Waals surface area contributed by atoms with E-state index in [1.807, 2.05) is 0 Å². The Morgan fingerprint density at radius 2 is 1.88 bits per heavy atom. The first-order chi connectivity index (χ1) is 8.18. The summed E-state index contributed by atoms with van der Waals surface area (Å²) < 4.78 is 0. The van der Waals surface area contributed by atoms with E-state index in [9.17, 15) is 14.7 Å². The number of urea groups is 1. The van der Waals surface area contributed by atoms with E-state index in [0.29, 0.717) is 12.2 Å². The number of benzene rings is 1. The number of hydrogen-bond donors (Lipinski definition) is 1. The number of nitrogens with zero attached hydrogens (tertiary/aromatic N) is 2. The van der Waals surface area contributed by atoms with Crippen molar-refractivity contribution in [1.82, 2.24) is 4.90 Å². The Morgan fingerprint density at radius 3 is 2.53 bits per heavy atom. The third-order valence-electron chi connectivity index (χ3n) is 3.30. The third kappa shape index (κ3) is 1.39. The highest BCUT2D eigenvalue weighted by Gasteiger charge is 2.47. The fraction of sp³-hybridized carbons (Fsp3) is 0.333. The molecule has 2 fully saturated rings. The zero-order valence-electron chi connectivity index (χ0n) is 9.17. The van der Waals surface area contributed by atoms with Gasteiger partial charge in [0.15, 0.2) is 0 Å². The van der Waals surface area contributed by atoms with Crippen LogP contribution in [0.25, 0.3) is 0 Å². The molecule has 1 unspecified atom stereocenters. The van der Waals surface area contributed by atoms with E-state index >= 15 is 0 Å². The fourth-order valence-corrected chi connectivity index (χ4v) is 2.46. The predicted octanol–water partition coefficient (Wildman–Crippen LogP) is 1.32. The van der Waals surface area contributed by atoms with Crippen molar-refractivity contribution in [2.24, 2.45) is 0 Å². The Labute approximate surface area is 98.2 Å². The topological polar surface area (TPSA) is 60.9 Å². The van der Waals surface area contributed by atoms with Gasteiger partial charge >= 0.3 is 6.03 Å². The summed E-state index contributed by atoms with van der Waals surface area (Å²) >= 11 is 0. The molecule has 0 spiro atoms. The van der Waals surface area contributed by atoms with Crippen molar-refractivity contribution in [2.45, 2.75) is 18.9 Å². The van der Waals surface area contributed by atoms with Gasteiger partial charge in [-0.2, -0.15) is 0 Å². The van der Waals surface area contributed by atoms with Crippen molar-refractivity contribution in [2.75, 3.05) is 11.4 Å². The molecule has 0 aromatic heterocycles.